The fourth-order valence-electron chi connectivity index (χ4n) is 9.85. The van der Waals surface area contributed by atoms with E-state index in [1.165, 1.54) is 167 Å². The summed E-state index contributed by atoms with van der Waals surface area (Å²) in [6.45, 7) is 4.18. The van der Waals surface area contributed by atoms with Crippen LogP contribution in [0.3, 0.4) is 0 Å². The molecule has 0 saturated carbocycles. The molecule has 0 radical (unpaired) electrons. The first-order valence-corrected chi connectivity index (χ1v) is 32.7. The molecule has 458 valence electrons. The minimum atomic E-state index is -1.58. The van der Waals surface area contributed by atoms with Crippen molar-refractivity contribution in [3.8, 4) is 0 Å². The molecule has 79 heavy (non-hydrogen) atoms. The van der Waals surface area contributed by atoms with Gasteiger partial charge in [-0.1, -0.05) is 234 Å². The Morgan fingerprint density at radius 2 is 0.899 bits per heavy atom. The first-order chi connectivity index (χ1) is 38.7. The van der Waals surface area contributed by atoms with Gasteiger partial charge in [-0.25, -0.2) is 0 Å². The molecule has 6 N–H and O–H groups in total. The van der Waals surface area contributed by atoms with Gasteiger partial charge in [0.2, 0.25) is 5.91 Å². The zero-order chi connectivity index (χ0) is 57.3. The van der Waals surface area contributed by atoms with Crippen molar-refractivity contribution in [1.82, 2.24) is 5.32 Å². The normalized spacial score (nSPS) is 18.9. The number of amides is 1. The van der Waals surface area contributed by atoms with E-state index < -0.39 is 49.5 Å². The van der Waals surface area contributed by atoms with E-state index in [0.717, 1.165) is 89.9 Å². The summed E-state index contributed by atoms with van der Waals surface area (Å²) in [6, 6.07) is -0.838. The second-order valence-electron chi connectivity index (χ2n) is 22.4. The largest absolute Gasteiger partial charge is 0.466 e. The highest BCUT2D eigenvalue weighted by molar-refractivity contribution is 5.76. The Morgan fingerprint density at radius 3 is 1.39 bits per heavy atom. The van der Waals surface area contributed by atoms with Crippen molar-refractivity contribution in [3.63, 3.8) is 0 Å². The molecule has 0 aromatic carbocycles. The van der Waals surface area contributed by atoms with Crippen molar-refractivity contribution in [2.75, 3.05) is 19.8 Å². The SMILES string of the molecule is CC/C=C/CC/C=C/CC/C=C/C(O)C(COC1OC(CO)C(O)C(O)C1O)NC(=O)CCCCCCCCCCCCC/C=C\C/C=C\CCCCCCCCCCCOC(=O)CCCCCCC/C=C\CCCCCCC. The molecule has 0 bridgehead atoms. The molecule has 11 nitrogen and oxygen atoms in total. The minimum absolute atomic E-state index is 0.00884. The van der Waals surface area contributed by atoms with Crippen LogP contribution in [0, 0.1) is 0 Å². The third-order valence-electron chi connectivity index (χ3n) is 15.0. The Kier molecular flexibility index (Phi) is 53.4. The number of allylic oxidation sites excluding steroid dienone is 11. The number of hydrogen-bond acceptors (Lipinski definition) is 10. The standard InChI is InChI=1S/C68H121NO10/c1-3-5-7-9-11-13-15-16-33-36-40-44-48-52-56-64(73)77-57-53-49-45-41-37-34-31-29-27-25-23-21-19-17-18-20-22-24-26-28-30-32-35-39-43-47-51-55-63(72)69-60(59-78-68-67(76)66(75)65(74)62(58-70)79-68)61(71)54-50-46-42-38-14-12-10-8-6-4-2/h6,8,14-18,21,23,38,50,54,60-62,65-68,70-71,74-76H,3-5,7,9-13,19-20,22,24-37,39-49,51-53,55-59H2,1-2H3,(H,69,72)/b8-6+,16-15-,18-17-,23-21-,38-14+,54-50+. The maximum absolute atomic E-state index is 13.0. The van der Waals surface area contributed by atoms with Gasteiger partial charge in [0, 0.05) is 12.8 Å². The molecule has 7 unspecified atom stereocenters. The van der Waals surface area contributed by atoms with Gasteiger partial charge in [0.15, 0.2) is 6.29 Å². The minimum Gasteiger partial charge on any atom is -0.466 e. The molecule has 1 amide bonds. The number of esters is 1. The van der Waals surface area contributed by atoms with E-state index in [4.69, 9.17) is 14.2 Å². The van der Waals surface area contributed by atoms with Crippen LogP contribution in [0.1, 0.15) is 284 Å². The molecule has 1 aliphatic rings. The maximum Gasteiger partial charge on any atom is 0.305 e. The molecule has 1 heterocycles. The van der Waals surface area contributed by atoms with Gasteiger partial charge in [-0.2, -0.15) is 0 Å². The van der Waals surface area contributed by atoms with Crippen LogP contribution in [0.2, 0.25) is 0 Å². The topological polar surface area (TPSA) is 175 Å². The van der Waals surface area contributed by atoms with E-state index in [9.17, 15) is 35.1 Å². The lowest BCUT2D eigenvalue weighted by molar-refractivity contribution is -0.302. The van der Waals surface area contributed by atoms with Gasteiger partial charge in [0.25, 0.3) is 0 Å². The third kappa shape index (κ3) is 46.3. The van der Waals surface area contributed by atoms with Crippen LogP contribution in [-0.2, 0) is 23.8 Å². The van der Waals surface area contributed by atoms with Gasteiger partial charge in [-0.3, -0.25) is 9.59 Å². The van der Waals surface area contributed by atoms with E-state index in [-0.39, 0.29) is 18.5 Å². The summed E-state index contributed by atoms with van der Waals surface area (Å²) in [7, 11) is 0. The number of rotatable bonds is 56. The lowest BCUT2D eigenvalue weighted by Crippen LogP contribution is -2.60. The van der Waals surface area contributed by atoms with Crippen LogP contribution < -0.4 is 5.32 Å². The second kappa shape index (κ2) is 56.9. The predicted octanol–water partition coefficient (Wildman–Crippen LogP) is 16.0. The average Bonchev–Trinajstić information content (AvgIpc) is 3.46. The maximum atomic E-state index is 13.0. The fourth-order valence-corrected chi connectivity index (χ4v) is 9.85. The van der Waals surface area contributed by atoms with Crippen LogP contribution in [0.25, 0.3) is 0 Å². The summed E-state index contributed by atoms with van der Waals surface area (Å²) in [5.74, 6) is -0.212. The van der Waals surface area contributed by atoms with Gasteiger partial charge >= 0.3 is 5.97 Å². The Labute approximate surface area is 483 Å². The zero-order valence-electron chi connectivity index (χ0n) is 50.6. The van der Waals surface area contributed by atoms with E-state index in [2.05, 4.69) is 79.9 Å². The highest BCUT2D eigenvalue weighted by atomic mass is 16.7. The average molecular weight is 1110 g/mol. The lowest BCUT2D eigenvalue weighted by Gasteiger charge is -2.40. The summed E-state index contributed by atoms with van der Waals surface area (Å²) in [5, 5.41) is 54.2. The summed E-state index contributed by atoms with van der Waals surface area (Å²) >= 11 is 0. The Morgan fingerprint density at radius 1 is 0.481 bits per heavy atom. The molecule has 7 atom stereocenters. The van der Waals surface area contributed by atoms with Gasteiger partial charge in [0.1, 0.15) is 24.4 Å². The van der Waals surface area contributed by atoms with Crippen molar-refractivity contribution < 1.29 is 49.3 Å². The summed E-state index contributed by atoms with van der Waals surface area (Å²) in [5.41, 5.74) is 0. The monoisotopic (exact) mass is 1110 g/mol. The number of aliphatic hydroxyl groups excluding tert-OH is 5. The lowest BCUT2D eigenvalue weighted by atomic mass is 9.99. The number of aliphatic hydroxyl groups is 5. The van der Waals surface area contributed by atoms with Crippen molar-refractivity contribution in [3.05, 3.63) is 72.9 Å². The molecule has 0 aliphatic carbocycles. The molecule has 0 spiro atoms. The van der Waals surface area contributed by atoms with Crippen molar-refractivity contribution in [2.45, 2.75) is 326 Å². The number of carbonyl (C=O) groups is 2. The van der Waals surface area contributed by atoms with Gasteiger partial charge < -0.3 is 45.1 Å². The van der Waals surface area contributed by atoms with E-state index in [0.29, 0.717) is 19.4 Å². The summed E-state index contributed by atoms with van der Waals surface area (Å²) in [4.78, 5) is 25.1. The van der Waals surface area contributed by atoms with Crippen LogP contribution in [-0.4, -0.2) is 100 Å². The highest BCUT2D eigenvalue weighted by Gasteiger charge is 2.44. The number of hydrogen-bond donors (Lipinski definition) is 6. The molecule has 1 aliphatic heterocycles. The Hall–Kier alpha value is -2.90. The highest BCUT2D eigenvalue weighted by Crippen LogP contribution is 2.23. The first kappa shape index (κ1) is 74.1. The summed E-state index contributed by atoms with van der Waals surface area (Å²) in [6.07, 6.45) is 66.1. The number of carbonyl (C=O) groups excluding carboxylic acids is 2. The van der Waals surface area contributed by atoms with E-state index in [1.54, 1.807) is 6.08 Å². The number of ether oxygens (including phenoxy) is 3. The fraction of sp³-hybridized carbons (Fsp3) is 0.794. The van der Waals surface area contributed by atoms with Gasteiger partial charge in [0.05, 0.1) is 32.0 Å². The first-order valence-electron chi connectivity index (χ1n) is 32.7. The van der Waals surface area contributed by atoms with Gasteiger partial charge in [-0.05, 0) is 109 Å². The number of nitrogens with one attached hydrogen (secondary N) is 1. The summed E-state index contributed by atoms with van der Waals surface area (Å²) < 4.78 is 16.7. The van der Waals surface area contributed by atoms with Crippen molar-refractivity contribution >= 4 is 11.9 Å². The van der Waals surface area contributed by atoms with Crippen LogP contribution in [0.15, 0.2) is 72.9 Å². The molecule has 1 saturated heterocycles. The van der Waals surface area contributed by atoms with E-state index in [1.807, 2.05) is 6.08 Å². The molecular formula is C68H121NO10. The Balaban J connectivity index is 1.99. The smallest absolute Gasteiger partial charge is 0.305 e. The zero-order valence-corrected chi connectivity index (χ0v) is 50.6. The third-order valence-corrected chi connectivity index (χ3v) is 15.0. The molecule has 0 aromatic rings. The Bertz CT molecular complexity index is 1540. The van der Waals surface area contributed by atoms with Crippen molar-refractivity contribution in [1.29, 1.82) is 0 Å². The predicted molar refractivity (Wildman–Crippen MR) is 329 cm³/mol. The van der Waals surface area contributed by atoms with E-state index >= 15 is 0 Å². The molecule has 1 rings (SSSR count). The number of unbranched alkanes of at least 4 members (excludes halogenated alkanes) is 32. The molecule has 1 fully saturated rings. The van der Waals surface area contributed by atoms with Crippen LogP contribution in [0.5, 0.6) is 0 Å². The molecular weight excluding hydrogens is 991 g/mol. The van der Waals surface area contributed by atoms with Crippen LogP contribution in [0.4, 0.5) is 0 Å². The molecule has 0 aromatic heterocycles. The second-order valence-corrected chi connectivity index (χ2v) is 22.4. The quantitative estimate of drug-likeness (QED) is 0.0195. The van der Waals surface area contributed by atoms with Crippen molar-refractivity contribution in [2.24, 2.45) is 0 Å². The van der Waals surface area contributed by atoms with Crippen LogP contribution >= 0.6 is 0 Å². The molecule has 11 heteroatoms. The van der Waals surface area contributed by atoms with Gasteiger partial charge in [-0.15, -0.1) is 0 Å².